The minimum Gasteiger partial charge on any atom is -0.478 e. The highest BCUT2D eigenvalue weighted by atomic mass is 32.1. The molecule has 4 nitrogen and oxygen atoms in total. The Labute approximate surface area is 109 Å². The quantitative estimate of drug-likeness (QED) is 0.783. The van der Waals surface area contributed by atoms with Crippen LogP contribution in [0.4, 0.5) is 0 Å². The summed E-state index contributed by atoms with van der Waals surface area (Å²) in [5, 5.41) is 4.20. The summed E-state index contributed by atoms with van der Waals surface area (Å²) in [6, 6.07) is 5.92. The maximum absolute atomic E-state index is 5.37. The molecule has 0 amide bonds. The molecule has 0 aliphatic carbocycles. The minimum absolute atomic E-state index is 0.616. The number of rotatable bonds is 4. The van der Waals surface area contributed by atoms with Crippen LogP contribution in [-0.2, 0) is 6.42 Å². The van der Waals surface area contributed by atoms with E-state index in [0.717, 1.165) is 17.8 Å². The third kappa shape index (κ3) is 2.22. The summed E-state index contributed by atoms with van der Waals surface area (Å²) in [7, 11) is 0. The Bertz CT molecular complexity index is 645. The van der Waals surface area contributed by atoms with E-state index in [1.165, 1.54) is 5.56 Å². The standard InChI is InChI=1S/C13H13N3OS/c1-2-17-12-4-3-10-13(16-12)15-11(14-10)7-9-5-6-18-8-9/h3-6,8H,2,7H2,1H3,(H,14,15,16). The number of fused-ring (bicyclic) bond motifs is 1. The Morgan fingerprint density at radius 2 is 2.22 bits per heavy atom. The summed E-state index contributed by atoms with van der Waals surface area (Å²) in [6.07, 6.45) is 0.809. The van der Waals surface area contributed by atoms with Gasteiger partial charge < -0.3 is 9.72 Å². The van der Waals surface area contributed by atoms with Crippen molar-refractivity contribution in [2.75, 3.05) is 6.61 Å². The van der Waals surface area contributed by atoms with Crippen molar-refractivity contribution >= 4 is 22.5 Å². The molecular formula is C13H13N3OS. The lowest BCUT2D eigenvalue weighted by atomic mass is 10.2. The van der Waals surface area contributed by atoms with Gasteiger partial charge in [-0.15, -0.1) is 0 Å². The predicted molar refractivity (Wildman–Crippen MR) is 72.2 cm³/mol. The summed E-state index contributed by atoms with van der Waals surface area (Å²) in [6.45, 7) is 2.56. The van der Waals surface area contributed by atoms with Crippen molar-refractivity contribution < 1.29 is 4.74 Å². The fourth-order valence-electron chi connectivity index (χ4n) is 1.82. The second kappa shape index (κ2) is 4.78. The Hall–Kier alpha value is -1.88. The topological polar surface area (TPSA) is 50.8 Å². The van der Waals surface area contributed by atoms with Crippen LogP contribution in [-0.4, -0.2) is 21.6 Å². The molecule has 0 saturated heterocycles. The molecule has 5 heteroatoms. The number of hydrogen-bond acceptors (Lipinski definition) is 4. The number of aromatic nitrogens is 3. The molecule has 92 valence electrons. The Morgan fingerprint density at radius 1 is 1.28 bits per heavy atom. The summed E-state index contributed by atoms with van der Waals surface area (Å²) in [4.78, 5) is 12.1. The van der Waals surface area contributed by atoms with Gasteiger partial charge in [-0.25, -0.2) is 4.98 Å². The van der Waals surface area contributed by atoms with Crippen LogP contribution in [0.1, 0.15) is 18.3 Å². The van der Waals surface area contributed by atoms with Gasteiger partial charge >= 0.3 is 0 Å². The van der Waals surface area contributed by atoms with Gasteiger partial charge in [0.1, 0.15) is 5.82 Å². The zero-order valence-electron chi connectivity index (χ0n) is 10.0. The van der Waals surface area contributed by atoms with Crippen molar-refractivity contribution in [1.29, 1.82) is 0 Å². The van der Waals surface area contributed by atoms with Crippen LogP contribution < -0.4 is 4.74 Å². The normalized spacial score (nSPS) is 10.9. The number of thiophene rings is 1. The summed E-state index contributed by atoms with van der Waals surface area (Å²) in [5.74, 6) is 1.56. The molecule has 0 atom stereocenters. The number of aromatic amines is 1. The van der Waals surface area contributed by atoms with Crippen LogP contribution in [0, 0.1) is 0 Å². The first-order valence-corrected chi connectivity index (χ1v) is 6.79. The van der Waals surface area contributed by atoms with Crippen LogP contribution >= 0.6 is 11.3 Å². The van der Waals surface area contributed by atoms with Gasteiger partial charge in [-0.05, 0) is 35.4 Å². The van der Waals surface area contributed by atoms with Crippen LogP contribution in [0.15, 0.2) is 29.0 Å². The number of ether oxygens (including phenoxy) is 1. The van der Waals surface area contributed by atoms with Gasteiger partial charge in [-0.3, -0.25) is 0 Å². The Morgan fingerprint density at radius 3 is 3.00 bits per heavy atom. The monoisotopic (exact) mass is 259 g/mol. The van der Waals surface area contributed by atoms with Crippen LogP contribution in [0.25, 0.3) is 11.2 Å². The van der Waals surface area contributed by atoms with Gasteiger partial charge in [-0.2, -0.15) is 16.3 Å². The zero-order chi connectivity index (χ0) is 12.4. The molecule has 3 aromatic heterocycles. The first kappa shape index (κ1) is 11.2. The molecule has 3 aromatic rings. The zero-order valence-corrected chi connectivity index (χ0v) is 10.8. The van der Waals surface area contributed by atoms with Crippen molar-refractivity contribution in [1.82, 2.24) is 15.0 Å². The molecule has 0 aliphatic rings. The van der Waals surface area contributed by atoms with Crippen molar-refractivity contribution in [2.24, 2.45) is 0 Å². The van der Waals surface area contributed by atoms with Crippen molar-refractivity contribution in [3.05, 3.63) is 40.3 Å². The lowest BCUT2D eigenvalue weighted by Crippen LogP contribution is -1.93. The summed E-state index contributed by atoms with van der Waals surface area (Å²) >= 11 is 1.70. The largest absolute Gasteiger partial charge is 0.478 e. The predicted octanol–water partition coefficient (Wildman–Crippen LogP) is 3.01. The van der Waals surface area contributed by atoms with E-state index in [2.05, 4.69) is 31.8 Å². The lowest BCUT2D eigenvalue weighted by Gasteiger charge is -1.99. The van der Waals surface area contributed by atoms with Gasteiger partial charge in [0.15, 0.2) is 5.65 Å². The van der Waals surface area contributed by atoms with Crippen LogP contribution in [0.3, 0.4) is 0 Å². The Balaban J connectivity index is 1.90. The number of pyridine rings is 1. The molecular weight excluding hydrogens is 246 g/mol. The highest BCUT2D eigenvalue weighted by Crippen LogP contribution is 2.17. The smallest absolute Gasteiger partial charge is 0.215 e. The number of imidazole rings is 1. The number of H-pyrrole nitrogens is 1. The molecule has 0 saturated carbocycles. The molecule has 0 aliphatic heterocycles. The second-order valence-corrected chi connectivity index (χ2v) is 4.73. The highest BCUT2D eigenvalue weighted by Gasteiger charge is 2.06. The number of hydrogen-bond donors (Lipinski definition) is 1. The van der Waals surface area contributed by atoms with Gasteiger partial charge in [0.05, 0.1) is 12.1 Å². The average molecular weight is 259 g/mol. The van der Waals surface area contributed by atoms with E-state index in [1.54, 1.807) is 11.3 Å². The maximum atomic E-state index is 5.37. The van der Waals surface area contributed by atoms with E-state index in [-0.39, 0.29) is 0 Å². The van der Waals surface area contributed by atoms with Gasteiger partial charge in [0.25, 0.3) is 0 Å². The molecule has 0 unspecified atom stereocenters. The van der Waals surface area contributed by atoms with E-state index in [4.69, 9.17) is 4.74 Å². The second-order valence-electron chi connectivity index (χ2n) is 3.95. The molecule has 0 radical (unpaired) electrons. The molecule has 0 spiro atoms. The fraction of sp³-hybridized carbons (Fsp3) is 0.231. The van der Waals surface area contributed by atoms with E-state index in [0.29, 0.717) is 18.1 Å². The van der Waals surface area contributed by atoms with Crippen molar-refractivity contribution in [2.45, 2.75) is 13.3 Å². The minimum atomic E-state index is 0.616. The molecule has 1 N–H and O–H groups in total. The first-order valence-electron chi connectivity index (χ1n) is 5.84. The van der Waals surface area contributed by atoms with E-state index in [9.17, 15) is 0 Å². The van der Waals surface area contributed by atoms with Crippen molar-refractivity contribution in [3.63, 3.8) is 0 Å². The Kier molecular flexibility index (Phi) is 2.98. The summed E-state index contributed by atoms with van der Waals surface area (Å²) in [5.41, 5.74) is 2.93. The molecule has 3 rings (SSSR count). The van der Waals surface area contributed by atoms with E-state index >= 15 is 0 Å². The first-order chi connectivity index (χ1) is 8.85. The van der Waals surface area contributed by atoms with Gasteiger partial charge in [0.2, 0.25) is 5.88 Å². The maximum Gasteiger partial charge on any atom is 0.215 e. The fourth-order valence-corrected chi connectivity index (χ4v) is 2.49. The lowest BCUT2D eigenvalue weighted by molar-refractivity contribution is 0.328. The molecule has 3 heterocycles. The van der Waals surface area contributed by atoms with E-state index < -0.39 is 0 Å². The summed E-state index contributed by atoms with van der Waals surface area (Å²) < 4.78 is 5.37. The number of nitrogens with zero attached hydrogens (tertiary/aromatic N) is 2. The highest BCUT2D eigenvalue weighted by molar-refractivity contribution is 7.07. The van der Waals surface area contributed by atoms with Crippen molar-refractivity contribution in [3.8, 4) is 5.88 Å². The molecule has 18 heavy (non-hydrogen) atoms. The van der Waals surface area contributed by atoms with Crippen LogP contribution in [0.5, 0.6) is 5.88 Å². The third-order valence-corrected chi connectivity index (χ3v) is 3.35. The molecule has 0 bridgehead atoms. The van der Waals surface area contributed by atoms with Crippen LogP contribution in [0.2, 0.25) is 0 Å². The number of nitrogens with one attached hydrogen (secondary N) is 1. The van der Waals surface area contributed by atoms with Gasteiger partial charge in [0, 0.05) is 12.5 Å². The average Bonchev–Trinajstić information content (AvgIpc) is 2.98. The SMILES string of the molecule is CCOc1ccc2[nH]c(Cc3ccsc3)nc2n1. The third-order valence-electron chi connectivity index (χ3n) is 2.61. The molecule has 0 aromatic carbocycles. The van der Waals surface area contributed by atoms with E-state index in [1.807, 2.05) is 19.1 Å². The van der Waals surface area contributed by atoms with Gasteiger partial charge in [-0.1, -0.05) is 0 Å². The molecule has 0 fully saturated rings.